The summed E-state index contributed by atoms with van der Waals surface area (Å²) < 4.78 is 29.0. The molecule has 1 unspecified atom stereocenters. The van der Waals surface area contributed by atoms with Crippen molar-refractivity contribution in [1.29, 1.82) is 0 Å². The van der Waals surface area contributed by atoms with Gasteiger partial charge < -0.3 is 5.73 Å². The fourth-order valence-corrected chi connectivity index (χ4v) is 4.97. The molecule has 0 aromatic carbocycles. The smallest absolute Gasteiger partial charge is 0.246 e. The maximum atomic E-state index is 12.8. The van der Waals surface area contributed by atoms with Crippen molar-refractivity contribution >= 4 is 10.0 Å². The van der Waals surface area contributed by atoms with Gasteiger partial charge in [-0.05, 0) is 46.6 Å². The van der Waals surface area contributed by atoms with Gasteiger partial charge in [0.05, 0.1) is 11.4 Å². The predicted molar refractivity (Wildman–Crippen MR) is 78.0 cm³/mol. The molecule has 114 valence electrons. The maximum absolute atomic E-state index is 12.8. The second-order valence-corrected chi connectivity index (χ2v) is 7.30. The zero-order valence-corrected chi connectivity index (χ0v) is 13.3. The first-order valence-corrected chi connectivity index (χ1v) is 8.59. The van der Waals surface area contributed by atoms with Crippen LogP contribution < -0.4 is 5.73 Å². The van der Waals surface area contributed by atoms with Gasteiger partial charge in [0.2, 0.25) is 10.0 Å². The summed E-state index contributed by atoms with van der Waals surface area (Å²) in [4.78, 5) is 0.378. The van der Waals surface area contributed by atoms with Crippen LogP contribution in [0.4, 0.5) is 0 Å². The molecule has 20 heavy (non-hydrogen) atoms. The lowest BCUT2D eigenvalue weighted by atomic mass is 10.3. The number of sulfonamides is 1. The van der Waals surface area contributed by atoms with Crippen LogP contribution in [0.2, 0.25) is 0 Å². The van der Waals surface area contributed by atoms with E-state index in [4.69, 9.17) is 5.73 Å². The molecular formula is C13H24N4O2S. The standard InChI is InChI=1S/C13H24N4O2S/c1-10-6-4-9-17(10)20(18,19)13-11(2)15-16(12(13)3)8-5-7-14/h10H,4-9,14H2,1-3H3. The number of aryl methyl sites for hydroxylation is 2. The number of aromatic nitrogens is 2. The third kappa shape index (κ3) is 2.62. The van der Waals surface area contributed by atoms with E-state index in [0.29, 0.717) is 30.2 Å². The minimum atomic E-state index is -3.43. The number of nitrogens with zero attached hydrogens (tertiary/aromatic N) is 3. The van der Waals surface area contributed by atoms with Gasteiger partial charge in [-0.2, -0.15) is 9.40 Å². The molecule has 0 bridgehead atoms. The van der Waals surface area contributed by atoms with E-state index in [-0.39, 0.29) is 6.04 Å². The molecule has 6 nitrogen and oxygen atoms in total. The zero-order valence-electron chi connectivity index (χ0n) is 12.5. The third-order valence-electron chi connectivity index (χ3n) is 3.95. The molecule has 0 aliphatic carbocycles. The molecule has 0 amide bonds. The monoisotopic (exact) mass is 300 g/mol. The molecule has 1 fully saturated rings. The lowest BCUT2D eigenvalue weighted by Crippen LogP contribution is -2.34. The highest BCUT2D eigenvalue weighted by Gasteiger charge is 2.36. The van der Waals surface area contributed by atoms with E-state index in [1.807, 2.05) is 13.8 Å². The van der Waals surface area contributed by atoms with E-state index < -0.39 is 10.0 Å². The summed E-state index contributed by atoms with van der Waals surface area (Å²) in [6.07, 6.45) is 2.65. The van der Waals surface area contributed by atoms with Gasteiger partial charge in [0, 0.05) is 19.1 Å². The Kier molecular flexibility index (Phi) is 4.51. The first-order valence-electron chi connectivity index (χ1n) is 7.15. The first kappa shape index (κ1) is 15.5. The highest BCUT2D eigenvalue weighted by Crippen LogP contribution is 2.29. The Bertz CT molecular complexity index is 579. The van der Waals surface area contributed by atoms with Crippen LogP contribution in [0.5, 0.6) is 0 Å². The van der Waals surface area contributed by atoms with Gasteiger partial charge in [-0.15, -0.1) is 0 Å². The quantitative estimate of drug-likeness (QED) is 0.880. The Hall–Kier alpha value is -0.920. The van der Waals surface area contributed by atoms with Crippen LogP contribution in [0, 0.1) is 13.8 Å². The SMILES string of the molecule is Cc1nn(CCCN)c(C)c1S(=O)(=O)N1CCCC1C. The lowest BCUT2D eigenvalue weighted by Gasteiger charge is -2.21. The molecule has 1 aromatic rings. The van der Waals surface area contributed by atoms with Gasteiger partial charge in [0.15, 0.2) is 0 Å². The Balaban J connectivity index is 2.39. The van der Waals surface area contributed by atoms with E-state index in [2.05, 4.69) is 5.10 Å². The van der Waals surface area contributed by atoms with E-state index in [0.717, 1.165) is 25.0 Å². The minimum Gasteiger partial charge on any atom is -0.330 e. The Labute approximate surface area is 121 Å². The molecule has 1 aliphatic rings. The number of nitrogens with two attached hydrogens (primary N) is 1. The van der Waals surface area contributed by atoms with Gasteiger partial charge in [0.25, 0.3) is 0 Å². The Morgan fingerprint density at radius 3 is 2.65 bits per heavy atom. The van der Waals surface area contributed by atoms with Crippen molar-refractivity contribution in [1.82, 2.24) is 14.1 Å². The Morgan fingerprint density at radius 2 is 2.10 bits per heavy atom. The average Bonchev–Trinajstić information content (AvgIpc) is 2.91. The topological polar surface area (TPSA) is 81.2 Å². The van der Waals surface area contributed by atoms with Crippen molar-refractivity contribution < 1.29 is 8.42 Å². The molecule has 0 spiro atoms. The minimum absolute atomic E-state index is 0.0752. The van der Waals surface area contributed by atoms with Crippen LogP contribution in [0.1, 0.15) is 37.6 Å². The summed E-state index contributed by atoms with van der Waals surface area (Å²) in [5.41, 5.74) is 6.81. The van der Waals surface area contributed by atoms with Crippen LogP contribution in [0.25, 0.3) is 0 Å². The molecule has 1 aliphatic heterocycles. The van der Waals surface area contributed by atoms with E-state index in [9.17, 15) is 8.42 Å². The molecule has 2 heterocycles. The van der Waals surface area contributed by atoms with Crippen molar-refractivity contribution in [2.45, 2.75) is 57.5 Å². The van der Waals surface area contributed by atoms with E-state index in [1.165, 1.54) is 0 Å². The summed E-state index contributed by atoms with van der Waals surface area (Å²) >= 11 is 0. The predicted octanol–water partition coefficient (Wildman–Crippen LogP) is 1.02. The molecule has 2 rings (SSSR count). The second-order valence-electron chi connectivity index (χ2n) is 5.47. The summed E-state index contributed by atoms with van der Waals surface area (Å²) in [7, 11) is -3.43. The van der Waals surface area contributed by atoms with Crippen molar-refractivity contribution in [2.24, 2.45) is 5.73 Å². The summed E-state index contributed by atoms with van der Waals surface area (Å²) in [5, 5.41) is 4.37. The highest BCUT2D eigenvalue weighted by atomic mass is 32.2. The molecule has 7 heteroatoms. The number of hydrogen-bond acceptors (Lipinski definition) is 4. The summed E-state index contributed by atoms with van der Waals surface area (Å²) in [6.45, 7) is 7.39. The largest absolute Gasteiger partial charge is 0.330 e. The van der Waals surface area contributed by atoms with Gasteiger partial charge in [-0.1, -0.05) is 0 Å². The van der Waals surface area contributed by atoms with Gasteiger partial charge in [-0.3, -0.25) is 4.68 Å². The normalized spacial score (nSPS) is 20.7. The number of hydrogen-bond donors (Lipinski definition) is 1. The fraction of sp³-hybridized carbons (Fsp3) is 0.769. The average molecular weight is 300 g/mol. The molecule has 1 aromatic heterocycles. The molecule has 0 radical (unpaired) electrons. The highest BCUT2D eigenvalue weighted by molar-refractivity contribution is 7.89. The van der Waals surface area contributed by atoms with Gasteiger partial charge in [-0.25, -0.2) is 8.42 Å². The fourth-order valence-electron chi connectivity index (χ4n) is 2.89. The third-order valence-corrected chi connectivity index (χ3v) is 6.21. The molecule has 1 atom stereocenters. The van der Waals surface area contributed by atoms with Crippen LogP contribution in [0.3, 0.4) is 0 Å². The lowest BCUT2D eigenvalue weighted by molar-refractivity contribution is 0.407. The van der Waals surface area contributed by atoms with Crippen LogP contribution >= 0.6 is 0 Å². The van der Waals surface area contributed by atoms with Crippen molar-refractivity contribution in [3.05, 3.63) is 11.4 Å². The van der Waals surface area contributed by atoms with Gasteiger partial charge >= 0.3 is 0 Å². The van der Waals surface area contributed by atoms with Crippen molar-refractivity contribution in [2.75, 3.05) is 13.1 Å². The molecule has 1 saturated heterocycles. The van der Waals surface area contributed by atoms with Gasteiger partial charge in [0.1, 0.15) is 4.90 Å². The summed E-state index contributed by atoms with van der Waals surface area (Å²) in [5.74, 6) is 0. The van der Waals surface area contributed by atoms with Crippen LogP contribution in [-0.4, -0.2) is 41.6 Å². The summed E-state index contributed by atoms with van der Waals surface area (Å²) in [6, 6.07) is 0.0752. The van der Waals surface area contributed by atoms with E-state index in [1.54, 1.807) is 15.9 Å². The van der Waals surface area contributed by atoms with Crippen LogP contribution in [0.15, 0.2) is 4.90 Å². The van der Waals surface area contributed by atoms with Crippen molar-refractivity contribution in [3.63, 3.8) is 0 Å². The van der Waals surface area contributed by atoms with Crippen molar-refractivity contribution in [3.8, 4) is 0 Å². The second kappa shape index (κ2) is 5.83. The van der Waals surface area contributed by atoms with E-state index >= 15 is 0 Å². The zero-order chi connectivity index (χ0) is 14.9. The first-order chi connectivity index (χ1) is 9.39. The number of rotatable bonds is 5. The molecule has 2 N–H and O–H groups in total. The maximum Gasteiger partial charge on any atom is 0.246 e. The van der Waals surface area contributed by atoms with Crippen LogP contribution in [-0.2, 0) is 16.6 Å². The molecular weight excluding hydrogens is 276 g/mol. The Morgan fingerprint density at radius 1 is 1.40 bits per heavy atom. The molecule has 0 saturated carbocycles.